The Labute approximate surface area is 162 Å². The second kappa shape index (κ2) is 8.01. The van der Waals surface area contributed by atoms with Crippen LogP contribution in [0, 0.1) is 0 Å². The zero-order valence-corrected chi connectivity index (χ0v) is 16.8. The van der Waals surface area contributed by atoms with Crippen LogP contribution in [0.3, 0.4) is 0 Å². The van der Waals surface area contributed by atoms with Crippen molar-refractivity contribution in [1.82, 2.24) is 14.9 Å². The van der Waals surface area contributed by atoms with Gasteiger partial charge in [-0.25, -0.2) is 4.79 Å². The zero-order valence-electron chi connectivity index (χ0n) is 15.9. The number of amides is 2. The number of anilines is 1. The van der Waals surface area contributed by atoms with Gasteiger partial charge in [0.15, 0.2) is 0 Å². The molecular formula is C18H24N4O4S. The summed E-state index contributed by atoms with van der Waals surface area (Å²) in [5.41, 5.74) is -0.944. The number of carbonyl (C=O) groups is 2. The molecule has 146 valence electrons. The van der Waals surface area contributed by atoms with E-state index in [9.17, 15) is 14.7 Å². The summed E-state index contributed by atoms with van der Waals surface area (Å²) in [6.45, 7) is 7.98. The Balaban J connectivity index is 2.18. The van der Waals surface area contributed by atoms with Gasteiger partial charge < -0.3 is 20.5 Å². The number of aliphatic hydroxyl groups is 1. The predicted octanol–water partition coefficient (Wildman–Crippen LogP) is 2.81. The van der Waals surface area contributed by atoms with Gasteiger partial charge in [0.1, 0.15) is 22.3 Å². The molecule has 0 aliphatic carbocycles. The van der Waals surface area contributed by atoms with Crippen LogP contribution in [0.25, 0.3) is 11.3 Å². The minimum atomic E-state index is -1.52. The lowest BCUT2D eigenvalue weighted by molar-refractivity contribution is -0.123. The van der Waals surface area contributed by atoms with Gasteiger partial charge in [0.2, 0.25) is 0 Å². The Hall–Kier alpha value is -2.52. The Morgan fingerprint density at radius 2 is 1.78 bits per heavy atom. The average Bonchev–Trinajstić information content (AvgIpc) is 2.98. The van der Waals surface area contributed by atoms with Crippen LogP contribution < -0.4 is 10.6 Å². The molecule has 0 bridgehead atoms. The van der Waals surface area contributed by atoms with E-state index in [4.69, 9.17) is 4.74 Å². The number of benzene rings is 1. The largest absolute Gasteiger partial charge is 0.444 e. The number of hydrogen-bond acceptors (Lipinski definition) is 7. The molecule has 0 aliphatic heterocycles. The molecule has 0 saturated heterocycles. The summed E-state index contributed by atoms with van der Waals surface area (Å²) in [7, 11) is 0. The predicted molar refractivity (Wildman–Crippen MR) is 103 cm³/mol. The van der Waals surface area contributed by atoms with E-state index in [2.05, 4.69) is 20.2 Å². The van der Waals surface area contributed by atoms with Crippen molar-refractivity contribution >= 4 is 28.5 Å². The molecule has 2 aromatic rings. The number of hydrogen-bond donors (Lipinski definition) is 3. The smallest absolute Gasteiger partial charge is 0.408 e. The van der Waals surface area contributed by atoms with Crippen LogP contribution in [0.2, 0.25) is 0 Å². The standard InChI is InChI=1S/C18H24N4O4S/c1-17(2,3)26-16(24)19-13(18(4,5)25)14(23)20-15-12(21-22-27-15)11-9-7-6-8-10-11/h6-10,13,25H,1-5H3,(H,19,24)(H,20,23)/t13-/m1/s1. The highest BCUT2D eigenvalue weighted by molar-refractivity contribution is 7.10. The number of carbonyl (C=O) groups excluding carboxylic acids is 2. The normalized spacial score (nSPS) is 13.0. The van der Waals surface area contributed by atoms with Crippen LogP contribution in [0.1, 0.15) is 34.6 Å². The molecule has 27 heavy (non-hydrogen) atoms. The summed E-state index contributed by atoms with van der Waals surface area (Å²) in [6.07, 6.45) is -0.796. The van der Waals surface area contributed by atoms with Gasteiger partial charge in [-0.1, -0.05) is 34.8 Å². The molecule has 0 fully saturated rings. The first-order valence-electron chi connectivity index (χ1n) is 8.38. The van der Waals surface area contributed by atoms with Crippen molar-refractivity contribution in [2.75, 3.05) is 5.32 Å². The summed E-state index contributed by atoms with van der Waals surface area (Å²) in [6, 6.07) is 8.03. The SMILES string of the molecule is CC(C)(C)OC(=O)N[C@H](C(=O)Nc1snnc1-c1ccccc1)C(C)(C)O. The van der Waals surface area contributed by atoms with Crippen LogP contribution in [0.15, 0.2) is 30.3 Å². The van der Waals surface area contributed by atoms with Crippen molar-refractivity contribution in [1.29, 1.82) is 0 Å². The van der Waals surface area contributed by atoms with Gasteiger partial charge in [-0.3, -0.25) is 4.79 Å². The van der Waals surface area contributed by atoms with Crippen molar-refractivity contribution in [3.8, 4) is 11.3 Å². The van der Waals surface area contributed by atoms with Gasteiger partial charge in [-0.05, 0) is 34.6 Å². The van der Waals surface area contributed by atoms with Crippen molar-refractivity contribution in [2.45, 2.75) is 51.9 Å². The minimum absolute atomic E-state index is 0.423. The molecule has 2 rings (SSSR count). The third-order valence-corrected chi connectivity index (χ3v) is 4.04. The fourth-order valence-corrected chi connectivity index (χ4v) is 2.83. The molecule has 0 radical (unpaired) electrons. The van der Waals surface area contributed by atoms with Crippen molar-refractivity contribution in [3.05, 3.63) is 30.3 Å². The van der Waals surface area contributed by atoms with Crippen LogP contribution in [-0.2, 0) is 9.53 Å². The van der Waals surface area contributed by atoms with Gasteiger partial charge in [0, 0.05) is 17.1 Å². The monoisotopic (exact) mass is 392 g/mol. The highest BCUT2D eigenvalue weighted by Crippen LogP contribution is 2.29. The Morgan fingerprint density at radius 1 is 1.15 bits per heavy atom. The number of nitrogens with zero attached hydrogens (tertiary/aromatic N) is 2. The van der Waals surface area contributed by atoms with Crippen molar-refractivity contribution < 1.29 is 19.4 Å². The first-order valence-corrected chi connectivity index (χ1v) is 9.15. The molecule has 1 atom stereocenters. The fraction of sp³-hybridized carbons (Fsp3) is 0.444. The quantitative estimate of drug-likeness (QED) is 0.721. The maximum Gasteiger partial charge on any atom is 0.408 e. The topological polar surface area (TPSA) is 113 Å². The second-order valence-corrected chi connectivity index (χ2v) is 8.29. The Morgan fingerprint density at radius 3 is 2.33 bits per heavy atom. The lowest BCUT2D eigenvalue weighted by Crippen LogP contribution is -2.56. The maximum absolute atomic E-state index is 12.8. The molecule has 3 N–H and O–H groups in total. The van der Waals surface area contributed by atoms with E-state index in [-0.39, 0.29) is 0 Å². The molecule has 0 aliphatic rings. The maximum atomic E-state index is 12.8. The summed E-state index contributed by atoms with van der Waals surface area (Å²) in [4.78, 5) is 24.8. The average molecular weight is 392 g/mol. The fourth-order valence-electron chi connectivity index (χ4n) is 2.23. The summed E-state index contributed by atoms with van der Waals surface area (Å²) < 4.78 is 9.06. The summed E-state index contributed by atoms with van der Waals surface area (Å²) in [5, 5.41) is 19.9. The number of nitrogens with one attached hydrogen (secondary N) is 2. The van der Waals surface area contributed by atoms with Crippen LogP contribution in [0.5, 0.6) is 0 Å². The van der Waals surface area contributed by atoms with E-state index in [0.717, 1.165) is 17.1 Å². The molecule has 0 unspecified atom stereocenters. The van der Waals surface area contributed by atoms with Gasteiger partial charge in [0.05, 0.1) is 5.60 Å². The Kier molecular flexibility index (Phi) is 6.17. The first-order chi connectivity index (χ1) is 12.5. The number of rotatable bonds is 5. The molecule has 0 spiro atoms. The molecule has 1 heterocycles. The number of ether oxygens (including phenoxy) is 1. The minimum Gasteiger partial charge on any atom is -0.444 e. The Bertz CT molecular complexity index is 794. The van der Waals surface area contributed by atoms with E-state index in [1.54, 1.807) is 20.8 Å². The van der Waals surface area contributed by atoms with Gasteiger partial charge in [-0.15, -0.1) is 5.10 Å². The highest BCUT2D eigenvalue weighted by atomic mass is 32.1. The van der Waals surface area contributed by atoms with E-state index in [0.29, 0.717) is 10.7 Å². The van der Waals surface area contributed by atoms with Crippen LogP contribution in [0.4, 0.5) is 9.80 Å². The summed E-state index contributed by atoms with van der Waals surface area (Å²) >= 11 is 1.01. The molecule has 2 amide bonds. The lowest BCUT2D eigenvalue weighted by atomic mass is 9.98. The van der Waals surface area contributed by atoms with E-state index in [1.807, 2.05) is 30.3 Å². The molecule has 8 nitrogen and oxygen atoms in total. The molecule has 0 saturated carbocycles. The zero-order chi connectivity index (χ0) is 20.2. The summed E-state index contributed by atoms with van der Waals surface area (Å²) in [5.74, 6) is -0.600. The molecule has 1 aromatic heterocycles. The van der Waals surface area contributed by atoms with Gasteiger partial charge >= 0.3 is 6.09 Å². The van der Waals surface area contributed by atoms with Gasteiger partial charge in [-0.2, -0.15) is 0 Å². The third kappa shape index (κ3) is 6.00. The molecular weight excluding hydrogens is 368 g/mol. The van der Waals surface area contributed by atoms with Gasteiger partial charge in [0.25, 0.3) is 5.91 Å². The third-order valence-electron chi connectivity index (χ3n) is 3.40. The van der Waals surface area contributed by atoms with Crippen molar-refractivity contribution in [3.63, 3.8) is 0 Å². The lowest BCUT2D eigenvalue weighted by Gasteiger charge is -2.30. The molecule has 1 aromatic carbocycles. The molecule has 9 heteroatoms. The second-order valence-electron chi connectivity index (χ2n) is 7.54. The van der Waals surface area contributed by atoms with Crippen LogP contribution in [-0.4, -0.2) is 43.9 Å². The van der Waals surface area contributed by atoms with Crippen LogP contribution >= 0.6 is 11.5 Å². The first kappa shape index (κ1) is 20.8. The highest BCUT2D eigenvalue weighted by Gasteiger charge is 2.36. The van der Waals surface area contributed by atoms with E-state index >= 15 is 0 Å². The number of aromatic nitrogens is 2. The van der Waals surface area contributed by atoms with E-state index < -0.39 is 29.2 Å². The van der Waals surface area contributed by atoms with Crippen molar-refractivity contribution in [2.24, 2.45) is 0 Å². The number of alkyl carbamates (subject to hydrolysis) is 1. The van der Waals surface area contributed by atoms with E-state index in [1.165, 1.54) is 13.8 Å².